The van der Waals surface area contributed by atoms with E-state index in [9.17, 15) is 14.4 Å². The topological polar surface area (TPSA) is 86.7 Å². The van der Waals surface area contributed by atoms with Crippen LogP contribution in [0.25, 0.3) is 0 Å². The molecule has 1 aliphatic rings. The second kappa shape index (κ2) is 6.03. The first-order valence-electron chi connectivity index (χ1n) is 5.48. The summed E-state index contributed by atoms with van der Waals surface area (Å²) in [5.74, 6) is -1.53. The second-order valence-corrected chi connectivity index (χ2v) is 4.02. The van der Waals surface area contributed by atoms with E-state index >= 15 is 0 Å². The van der Waals surface area contributed by atoms with Crippen molar-refractivity contribution in [1.82, 2.24) is 10.2 Å². The molecular weight excluding hydrogens is 224 g/mol. The Morgan fingerprint density at radius 2 is 2.24 bits per heavy atom. The van der Waals surface area contributed by atoms with E-state index in [1.165, 1.54) is 0 Å². The Balaban J connectivity index is 2.33. The van der Waals surface area contributed by atoms with E-state index in [1.54, 1.807) is 11.8 Å². The summed E-state index contributed by atoms with van der Waals surface area (Å²) in [4.78, 5) is 34.5. The Kier molecular flexibility index (Phi) is 4.68. The molecule has 1 fully saturated rings. The van der Waals surface area contributed by atoms with E-state index in [2.05, 4.69) is 5.32 Å². The summed E-state index contributed by atoms with van der Waals surface area (Å²) in [7, 11) is 0. The van der Waals surface area contributed by atoms with E-state index in [-0.39, 0.29) is 11.9 Å². The molecule has 1 heterocycles. The van der Waals surface area contributed by atoms with Gasteiger partial charge in [-0.15, -0.1) is 0 Å². The van der Waals surface area contributed by atoms with Gasteiger partial charge in [-0.05, 0) is 13.3 Å². The molecule has 0 aromatic heterocycles. The number of carboxylic acid groups (broad SMARTS) is 1. The van der Waals surface area contributed by atoms with Crippen LogP contribution in [0.3, 0.4) is 0 Å². The zero-order chi connectivity index (χ0) is 12.8. The summed E-state index contributed by atoms with van der Waals surface area (Å²) < 4.78 is 0. The minimum atomic E-state index is -1.16. The molecule has 0 spiro atoms. The fourth-order valence-corrected chi connectivity index (χ4v) is 1.71. The van der Waals surface area contributed by atoms with Crippen molar-refractivity contribution in [2.24, 2.45) is 0 Å². The van der Waals surface area contributed by atoms with Crippen molar-refractivity contribution in [2.75, 3.05) is 13.1 Å². The fourth-order valence-electron chi connectivity index (χ4n) is 1.71. The van der Waals surface area contributed by atoms with Gasteiger partial charge in [-0.25, -0.2) is 4.79 Å². The zero-order valence-corrected chi connectivity index (χ0v) is 9.68. The van der Waals surface area contributed by atoms with Gasteiger partial charge in [0.1, 0.15) is 0 Å². The molecule has 0 aromatic carbocycles. The number of aliphatic carboxylic acids is 1. The van der Waals surface area contributed by atoms with Crippen LogP contribution in [0.5, 0.6) is 0 Å². The third-order valence-corrected chi connectivity index (χ3v) is 2.43. The summed E-state index contributed by atoms with van der Waals surface area (Å²) in [6.45, 7) is 2.97. The highest BCUT2D eigenvalue weighted by Gasteiger charge is 2.21. The van der Waals surface area contributed by atoms with Gasteiger partial charge < -0.3 is 15.3 Å². The van der Waals surface area contributed by atoms with Gasteiger partial charge >= 0.3 is 5.97 Å². The van der Waals surface area contributed by atoms with Crippen LogP contribution in [0.15, 0.2) is 12.2 Å². The Morgan fingerprint density at radius 3 is 2.76 bits per heavy atom. The van der Waals surface area contributed by atoms with Crippen molar-refractivity contribution >= 4 is 17.8 Å². The van der Waals surface area contributed by atoms with Gasteiger partial charge in [-0.2, -0.15) is 0 Å². The lowest BCUT2D eigenvalue weighted by molar-refractivity contribution is -0.131. The molecule has 0 saturated carbocycles. The third-order valence-electron chi connectivity index (χ3n) is 2.43. The lowest BCUT2D eigenvalue weighted by Crippen LogP contribution is -2.41. The summed E-state index contributed by atoms with van der Waals surface area (Å²) in [5.41, 5.74) is 0. The molecule has 1 aliphatic heterocycles. The molecule has 1 atom stereocenters. The third kappa shape index (κ3) is 4.67. The standard InChI is InChI=1S/C11H16N2O4/c1-8(7-13-6-2-3-10(13)15)12-9(14)4-5-11(16)17/h4-5,8H,2-3,6-7H2,1H3,(H,12,14)(H,16,17)/b5-4+. The minimum Gasteiger partial charge on any atom is -0.478 e. The quantitative estimate of drug-likeness (QED) is 0.649. The Bertz CT molecular complexity index is 351. The molecule has 1 unspecified atom stereocenters. The predicted molar refractivity (Wildman–Crippen MR) is 60.2 cm³/mol. The molecular formula is C11H16N2O4. The fraction of sp³-hybridized carbons (Fsp3) is 0.545. The maximum Gasteiger partial charge on any atom is 0.328 e. The van der Waals surface area contributed by atoms with Gasteiger partial charge in [-0.3, -0.25) is 9.59 Å². The number of carbonyl (C=O) groups excluding carboxylic acids is 2. The van der Waals surface area contributed by atoms with Crippen LogP contribution in [0, 0.1) is 0 Å². The molecule has 0 aromatic rings. The molecule has 0 aliphatic carbocycles. The van der Waals surface area contributed by atoms with Crippen molar-refractivity contribution in [3.8, 4) is 0 Å². The first-order chi connectivity index (χ1) is 7.99. The van der Waals surface area contributed by atoms with Crippen LogP contribution < -0.4 is 5.32 Å². The number of amides is 2. The highest BCUT2D eigenvalue weighted by atomic mass is 16.4. The highest BCUT2D eigenvalue weighted by molar-refractivity contribution is 5.94. The van der Waals surface area contributed by atoms with Gasteiger partial charge in [0, 0.05) is 37.7 Å². The van der Waals surface area contributed by atoms with Crippen molar-refractivity contribution in [2.45, 2.75) is 25.8 Å². The normalized spacial score (nSPS) is 17.5. The monoisotopic (exact) mass is 240 g/mol. The molecule has 17 heavy (non-hydrogen) atoms. The Morgan fingerprint density at radius 1 is 1.53 bits per heavy atom. The number of nitrogens with one attached hydrogen (secondary N) is 1. The molecule has 6 heteroatoms. The van der Waals surface area contributed by atoms with E-state index in [1.807, 2.05) is 0 Å². The summed E-state index contributed by atoms with van der Waals surface area (Å²) >= 11 is 0. The summed E-state index contributed by atoms with van der Waals surface area (Å²) in [5, 5.41) is 10.9. The van der Waals surface area contributed by atoms with Crippen LogP contribution in [0.1, 0.15) is 19.8 Å². The lowest BCUT2D eigenvalue weighted by atomic mass is 10.3. The number of hydrogen-bond donors (Lipinski definition) is 2. The van der Waals surface area contributed by atoms with E-state index in [4.69, 9.17) is 5.11 Å². The summed E-state index contributed by atoms with van der Waals surface area (Å²) in [6, 6.07) is -0.192. The summed E-state index contributed by atoms with van der Waals surface area (Å²) in [6.07, 6.45) is 3.17. The van der Waals surface area contributed by atoms with Crippen LogP contribution in [0.4, 0.5) is 0 Å². The zero-order valence-electron chi connectivity index (χ0n) is 9.68. The molecule has 6 nitrogen and oxygen atoms in total. The SMILES string of the molecule is CC(CN1CCCC1=O)NC(=O)/C=C/C(=O)O. The first-order valence-corrected chi connectivity index (χ1v) is 5.48. The van der Waals surface area contributed by atoms with Gasteiger partial charge in [0.25, 0.3) is 0 Å². The molecule has 1 saturated heterocycles. The van der Waals surface area contributed by atoms with E-state index in [0.29, 0.717) is 13.0 Å². The number of carboxylic acids is 1. The highest BCUT2D eigenvalue weighted by Crippen LogP contribution is 2.09. The molecule has 0 radical (unpaired) electrons. The smallest absolute Gasteiger partial charge is 0.328 e. The Labute approximate surface area is 99.3 Å². The van der Waals surface area contributed by atoms with Crippen LogP contribution in [0.2, 0.25) is 0 Å². The van der Waals surface area contributed by atoms with Gasteiger partial charge in [0.2, 0.25) is 11.8 Å². The predicted octanol–water partition coefficient (Wildman–Crippen LogP) is -0.246. The van der Waals surface area contributed by atoms with Crippen molar-refractivity contribution in [3.05, 3.63) is 12.2 Å². The average Bonchev–Trinajstić information content (AvgIpc) is 2.61. The molecule has 0 bridgehead atoms. The number of rotatable bonds is 5. The number of hydrogen-bond acceptors (Lipinski definition) is 3. The number of nitrogens with zero attached hydrogens (tertiary/aromatic N) is 1. The van der Waals surface area contributed by atoms with Crippen molar-refractivity contribution in [3.63, 3.8) is 0 Å². The minimum absolute atomic E-state index is 0.104. The largest absolute Gasteiger partial charge is 0.478 e. The van der Waals surface area contributed by atoms with Crippen LogP contribution >= 0.6 is 0 Å². The van der Waals surface area contributed by atoms with Gasteiger partial charge in [0.15, 0.2) is 0 Å². The van der Waals surface area contributed by atoms with Crippen molar-refractivity contribution in [1.29, 1.82) is 0 Å². The maximum atomic E-state index is 11.3. The lowest BCUT2D eigenvalue weighted by Gasteiger charge is -2.21. The van der Waals surface area contributed by atoms with Crippen LogP contribution in [-0.2, 0) is 14.4 Å². The average molecular weight is 240 g/mol. The number of likely N-dealkylation sites (tertiary alicyclic amines) is 1. The number of carbonyl (C=O) groups is 3. The molecule has 94 valence electrons. The first kappa shape index (κ1) is 13.2. The van der Waals surface area contributed by atoms with Crippen LogP contribution in [-0.4, -0.2) is 46.9 Å². The molecule has 2 amide bonds. The van der Waals surface area contributed by atoms with Gasteiger partial charge in [-0.1, -0.05) is 0 Å². The van der Waals surface area contributed by atoms with Crippen molar-refractivity contribution < 1.29 is 19.5 Å². The maximum absolute atomic E-state index is 11.3. The van der Waals surface area contributed by atoms with Gasteiger partial charge in [0.05, 0.1) is 0 Å². The molecule has 2 N–H and O–H groups in total. The molecule has 1 rings (SSSR count). The van der Waals surface area contributed by atoms with E-state index in [0.717, 1.165) is 25.1 Å². The van der Waals surface area contributed by atoms with E-state index < -0.39 is 11.9 Å². The second-order valence-electron chi connectivity index (χ2n) is 4.02. The Hall–Kier alpha value is -1.85.